The first-order valence-corrected chi connectivity index (χ1v) is 15.0. The fraction of sp³-hybridized carbons (Fsp3) is 0. The van der Waals surface area contributed by atoms with Crippen molar-refractivity contribution >= 4 is 43.5 Å². The van der Waals surface area contributed by atoms with Crippen molar-refractivity contribution in [2.45, 2.75) is 0 Å². The predicted octanol–water partition coefficient (Wildman–Crippen LogP) is 10.7. The van der Waals surface area contributed by atoms with Gasteiger partial charge < -0.3 is 4.42 Å². The lowest BCUT2D eigenvalue weighted by molar-refractivity contribution is 0.669. The monoisotopic (exact) mass is 575 g/mol. The Morgan fingerprint density at radius 3 is 1.73 bits per heavy atom. The van der Waals surface area contributed by atoms with Crippen LogP contribution in [0.25, 0.3) is 88.8 Å². The quantitative estimate of drug-likeness (QED) is 0.196. The zero-order valence-corrected chi connectivity index (χ0v) is 24.2. The van der Waals surface area contributed by atoms with Gasteiger partial charge in [0.15, 0.2) is 17.5 Å². The van der Waals surface area contributed by atoms with Crippen LogP contribution in [0, 0.1) is 0 Å². The first kappa shape index (κ1) is 25.4. The van der Waals surface area contributed by atoms with Crippen molar-refractivity contribution in [3.63, 3.8) is 0 Å². The first-order valence-electron chi connectivity index (χ1n) is 15.0. The van der Waals surface area contributed by atoms with E-state index in [1.165, 1.54) is 27.1 Å². The maximum atomic E-state index is 6.54. The SMILES string of the molecule is c1ccc(-c2nc(-c3ccccc3)nc(-c3cccc4c3oc3ccc(-c5ccc6c(ccc7ccccc76)c5)cc34)n2)cc1. The molecule has 0 saturated heterocycles. The van der Waals surface area contributed by atoms with E-state index >= 15 is 0 Å². The van der Waals surface area contributed by atoms with Crippen LogP contribution in [0.4, 0.5) is 0 Å². The third-order valence-corrected chi connectivity index (χ3v) is 8.52. The third-order valence-electron chi connectivity index (χ3n) is 8.52. The van der Waals surface area contributed by atoms with E-state index < -0.39 is 0 Å². The predicted molar refractivity (Wildman–Crippen MR) is 184 cm³/mol. The van der Waals surface area contributed by atoms with Gasteiger partial charge >= 0.3 is 0 Å². The molecule has 9 rings (SSSR count). The Morgan fingerprint density at radius 2 is 0.956 bits per heavy atom. The van der Waals surface area contributed by atoms with Gasteiger partial charge in [-0.2, -0.15) is 0 Å². The molecule has 0 fully saturated rings. The van der Waals surface area contributed by atoms with E-state index in [1.807, 2.05) is 66.7 Å². The van der Waals surface area contributed by atoms with Crippen molar-refractivity contribution in [3.8, 4) is 45.3 Å². The molecule has 0 amide bonds. The van der Waals surface area contributed by atoms with E-state index in [9.17, 15) is 0 Å². The lowest BCUT2D eigenvalue weighted by atomic mass is 9.96. The van der Waals surface area contributed by atoms with Crippen molar-refractivity contribution < 1.29 is 4.42 Å². The van der Waals surface area contributed by atoms with Crippen molar-refractivity contribution in [3.05, 3.63) is 152 Å². The molecule has 4 heteroatoms. The summed E-state index contributed by atoms with van der Waals surface area (Å²) in [6.07, 6.45) is 0. The summed E-state index contributed by atoms with van der Waals surface area (Å²) >= 11 is 0. The second-order valence-corrected chi connectivity index (χ2v) is 11.3. The lowest BCUT2D eigenvalue weighted by Gasteiger charge is -2.08. The van der Waals surface area contributed by atoms with E-state index in [4.69, 9.17) is 19.4 Å². The minimum absolute atomic E-state index is 0.578. The van der Waals surface area contributed by atoms with Crippen LogP contribution in [-0.4, -0.2) is 15.0 Å². The molecule has 0 aliphatic heterocycles. The first-order chi connectivity index (χ1) is 22.3. The zero-order chi connectivity index (χ0) is 29.7. The molecule has 2 aromatic heterocycles. The summed E-state index contributed by atoms with van der Waals surface area (Å²) in [5, 5.41) is 7.10. The standard InChI is InChI=1S/C41H25N3O/c1-3-11-27(12-4-1)39-42-40(28-13-5-2-6-14-28)44-41(43-39)35-17-9-16-34-36-25-30(21-23-37(36)45-38(34)35)29-20-22-33-31(24-29)19-18-26-10-7-8-15-32(26)33/h1-25H. The highest BCUT2D eigenvalue weighted by Crippen LogP contribution is 2.38. The van der Waals surface area contributed by atoms with E-state index in [-0.39, 0.29) is 0 Å². The van der Waals surface area contributed by atoms with Gasteiger partial charge in [-0.3, -0.25) is 0 Å². The molecule has 0 atom stereocenters. The molecule has 0 aliphatic carbocycles. The lowest BCUT2D eigenvalue weighted by Crippen LogP contribution is -2.00. The number of nitrogens with zero attached hydrogens (tertiary/aromatic N) is 3. The Hall–Kier alpha value is -6.13. The van der Waals surface area contributed by atoms with Gasteiger partial charge in [-0.05, 0) is 56.9 Å². The molecule has 45 heavy (non-hydrogen) atoms. The molecule has 0 radical (unpaired) electrons. The van der Waals surface area contributed by atoms with E-state index in [0.29, 0.717) is 17.5 Å². The minimum Gasteiger partial charge on any atom is -0.455 e. The van der Waals surface area contributed by atoms with Crippen LogP contribution >= 0.6 is 0 Å². The highest BCUT2D eigenvalue weighted by atomic mass is 16.3. The molecule has 0 unspecified atom stereocenters. The topological polar surface area (TPSA) is 51.8 Å². The normalized spacial score (nSPS) is 11.6. The summed E-state index contributed by atoms with van der Waals surface area (Å²) in [6.45, 7) is 0. The fourth-order valence-electron chi connectivity index (χ4n) is 6.28. The third kappa shape index (κ3) is 4.35. The Morgan fingerprint density at radius 1 is 0.356 bits per heavy atom. The van der Waals surface area contributed by atoms with Gasteiger partial charge in [0.2, 0.25) is 0 Å². The molecule has 210 valence electrons. The number of hydrogen-bond acceptors (Lipinski definition) is 4. The number of para-hydroxylation sites is 1. The highest BCUT2D eigenvalue weighted by molar-refractivity contribution is 6.11. The van der Waals surface area contributed by atoms with Crippen molar-refractivity contribution in [1.82, 2.24) is 15.0 Å². The number of fused-ring (bicyclic) bond motifs is 6. The van der Waals surface area contributed by atoms with Crippen LogP contribution in [-0.2, 0) is 0 Å². The summed E-state index contributed by atoms with van der Waals surface area (Å²) in [7, 11) is 0. The molecule has 0 aliphatic rings. The molecule has 0 saturated carbocycles. The van der Waals surface area contributed by atoms with Gasteiger partial charge in [0.05, 0.1) is 5.56 Å². The zero-order valence-electron chi connectivity index (χ0n) is 24.2. The number of benzene rings is 7. The Kier molecular flexibility index (Phi) is 5.78. The molecular weight excluding hydrogens is 550 g/mol. The maximum absolute atomic E-state index is 6.54. The summed E-state index contributed by atoms with van der Waals surface area (Å²) in [5.41, 5.74) is 6.60. The van der Waals surface area contributed by atoms with Crippen LogP contribution in [0.2, 0.25) is 0 Å². The van der Waals surface area contributed by atoms with Gasteiger partial charge in [-0.1, -0.05) is 127 Å². The summed E-state index contributed by atoms with van der Waals surface area (Å²) in [6, 6.07) is 52.3. The Labute approximate surface area is 259 Å². The summed E-state index contributed by atoms with van der Waals surface area (Å²) < 4.78 is 6.54. The minimum atomic E-state index is 0.578. The number of hydrogen-bond donors (Lipinski definition) is 0. The van der Waals surface area contributed by atoms with E-state index in [0.717, 1.165) is 44.2 Å². The second-order valence-electron chi connectivity index (χ2n) is 11.3. The van der Waals surface area contributed by atoms with E-state index in [1.54, 1.807) is 0 Å². The van der Waals surface area contributed by atoms with Crippen LogP contribution in [0.15, 0.2) is 156 Å². The maximum Gasteiger partial charge on any atom is 0.167 e. The molecule has 9 aromatic rings. The molecule has 0 bridgehead atoms. The molecule has 0 N–H and O–H groups in total. The smallest absolute Gasteiger partial charge is 0.167 e. The highest BCUT2D eigenvalue weighted by Gasteiger charge is 2.18. The summed E-state index contributed by atoms with van der Waals surface area (Å²) in [4.78, 5) is 14.8. The van der Waals surface area contributed by atoms with Gasteiger partial charge in [0.1, 0.15) is 11.2 Å². The average molecular weight is 576 g/mol. The second kappa shape index (κ2) is 10.2. The fourth-order valence-corrected chi connectivity index (χ4v) is 6.28. The number of rotatable bonds is 4. The summed E-state index contributed by atoms with van der Waals surface area (Å²) in [5.74, 6) is 1.83. The molecule has 4 nitrogen and oxygen atoms in total. The van der Waals surface area contributed by atoms with Crippen molar-refractivity contribution in [2.75, 3.05) is 0 Å². The van der Waals surface area contributed by atoms with Crippen LogP contribution in [0.3, 0.4) is 0 Å². The van der Waals surface area contributed by atoms with Crippen molar-refractivity contribution in [2.24, 2.45) is 0 Å². The van der Waals surface area contributed by atoms with Crippen LogP contribution in [0.5, 0.6) is 0 Å². The molecule has 7 aromatic carbocycles. The molecular formula is C41H25N3O. The largest absolute Gasteiger partial charge is 0.455 e. The average Bonchev–Trinajstić information content (AvgIpc) is 3.50. The number of furan rings is 1. The number of aromatic nitrogens is 3. The van der Waals surface area contributed by atoms with Gasteiger partial charge in [0.25, 0.3) is 0 Å². The van der Waals surface area contributed by atoms with Crippen LogP contribution < -0.4 is 0 Å². The van der Waals surface area contributed by atoms with Gasteiger partial charge in [0, 0.05) is 21.9 Å². The van der Waals surface area contributed by atoms with Gasteiger partial charge in [-0.25, -0.2) is 15.0 Å². The van der Waals surface area contributed by atoms with E-state index in [2.05, 4.69) is 84.9 Å². The van der Waals surface area contributed by atoms with Crippen molar-refractivity contribution in [1.29, 1.82) is 0 Å². The van der Waals surface area contributed by atoms with Gasteiger partial charge in [-0.15, -0.1) is 0 Å². The Bertz CT molecular complexity index is 2480. The Balaban J connectivity index is 1.19. The molecule has 2 heterocycles. The molecule has 0 spiro atoms. The van der Waals surface area contributed by atoms with Crippen LogP contribution in [0.1, 0.15) is 0 Å².